The quantitative estimate of drug-likeness (QED) is 0.649. The van der Waals surface area contributed by atoms with Gasteiger partial charge in [-0.25, -0.2) is 12.7 Å². The second-order valence-corrected chi connectivity index (χ2v) is 6.34. The number of nitrogens with one attached hydrogen (secondary N) is 1. The number of hydrogen-bond acceptors (Lipinski definition) is 5. The summed E-state index contributed by atoms with van der Waals surface area (Å²) in [6, 6.07) is 3.03. The molecule has 1 amide bonds. The van der Waals surface area contributed by atoms with Crippen LogP contribution >= 0.6 is 0 Å². The third kappa shape index (κ3) is 4.66. The van der Waals surface area contributed by atoms with Gasteiger partial charge in [0, 0.05) is 20.5 Å². The van der Waals surface area contributed by atoms with Crippen molar-refractivity contribution < 1.29 is 17.6 Å². The molecule has 8 heteroatoms. The summed E-state index contributed by atoms with van der Waals surface area (Å²) in [5.41, 5.74) is 5.01. The molecular weight excluding hydrogens is 270 g/mol. The van der Waals surface area contributed by atoms with Crippen molar-refractivity contribution in [3.8, 4) is 0 Å². The first-order valence-corrected chi connectivity index (χ1v) is 7.28. The van der Waals surface area contributed by atoms with Crippen molar-refractivity contribution in [2.75, 3.05) is 20.6 Å². The van der Waals surface area contributed by atoms with Gasteiger partial charge in [-0.15, -0.1) is 0 Å². The first-order chi connectivity index (χ1) is 8.84. The van der Waals surface area contributed by atoms with Gasteiger partial charge in [0.25, 0.3) is 10.0 Å². The van der Waals surface area contributed by atoms with Gasteiger partial charge in [0.15, 0.2) is 0 Å². The zero-order chi connectivity index (χ0) is 14.5. The van der Waals surface area contributed by atoms with Crippen LogP contribution in [0, 0.1) is 0 Å². The van der Waals surface area contributed by atoms with E-state index in [1.807, 2.05) is 0 Å². The largest absolute Gasteiger partial charge is 0.447 e. The molecule has 0 saturated heterocycles. The van der Waals surface area contributed by atoms with Gasteiger partial charge in [0.05, 0.1) is 6.54 Å². The van der Waals surface area contributed by atoms with Crippen molar-refractivity contribution in [2.45, 2.75) is 24.5 Å². The fourth-order valence-electron chi connectivity index (χ4n) is 1.37. The third-order valence-electron chi connectivity index (χ3n) is 2.45. The minimum Gasteiger partial charge on any atom is -0.447 e. The van der Waals surface area contributed by atoms with Gasteiger partial charge in [-0.2, -0.15) is 0 Å². The van der Waals surface area contributed by atoms with Gasteiger partial charge in [-0.3, -0.25) is 4.79 Å². The Labute approximate surface area is 112 Å². The van der Waals surface area contributed by atoms with Crippen LogP contribution in [0.2, 0.25) is 0 Å². The van der Waals surface area contributed by atoms with Crippen molar-refractivity contribution in [3.05, 3.63) is 17.9 Å². The summed E-state index contributed by atoms with van der Waals surface area (Å²) in [6.45, 7) is 1.01. The van der Waals surface area contributed by atoms with Gasteiger partial charge in [0.2, 0.25) is 11.0 Å². The topological polar surface area (TPSA) is 106 Å². The maximum absolute atomic E-state index is 11.8. The van der Waals surface area contributed by atoms with E-state index in [1.165, 1.54) is 20.2 Å². The SMILES string of the molecule is CN(C)S(=O)(=O)c1ccc(CNCCCC(N)=O)o1. The Morgan fingerprint density at radius 2 is 2.11 bits per heavy atom. The zero-order valence-corrected chi connectivity index (χ0v) is 11.9. The minimum absolute atomic E-state index is 0.0774. The van der Waals surface area contributed by atoms with E-state index >= 15 is 0 Å². The number of primary amides is 1. The summed E-state index contributed by atoms with van der Waals surface area (Å²) in [5.74, 6) is 0.193. The molecule has 0 saturated carbocycles. The van der Waals surface area contributed by atoms with Crippen LogP contribution in [0.4, 0.5) is 0 Å². The highest BCUT2D eigenvalue weighted by Crippen LogP contribution is 2.16. The molecule has 0 radical (unpaired) electrons. The average molecular weight is 289 g/mol. The molecule has 1 aromatic rings. The number of furan rings is 1. The molecule has 19 heavy (non-hydrogen) atoms. The molecule has 0 bridgehead atoms. The Kier molecular flexibility index (Phi) is 5.52. The average Bonchev–Trinajstić information content (AvgIpc) is 2.77. The molecular formula is C11H19N3O4S. The highest BCUT2D eigenvalue weighted by molar-refractivity contribution is 7.88. The van der Waals surface area contributed by atoms with E-state index in [1.54, 1.807) is 6.07 Å². The van der Waals surface area contributed by atoms with Gasteiger partial charge in [-0.1, -0.05) is 0 Å². The van der Waals surface area contributed by atoms with Crippen LogP contribution in [0.5, 0.6) is 0 Å². The third-order valence-corrected chi connectivity index (χ3v) is 4.14. The number of nitrogens with two attached hydrogens (primary N) is 1. The molecule has 1 heterocycles. The Bertz CT molecular complexity index is 522. The Morgan fingerprint density at radius 3 is 2.68 bits per heavy atom. The number of carbonyl (C=O) groups excluding carboxylic acids is 1. The van der Waals surface area contributed by atoms with Gasteiger partial charge < -0.3 is 15.5 Å². The van der Waals surface area contributed by atoms with Crippen LogP contribution in [-0.2, 0) is 21.4 Å². The number of hydrogen-bond donors (Lipinski definition) is 2. The first-order valence-electron chi connectivity index (χ1n) is 5.84. The summed E-state index contributed by atoms with van der Waals surface area (Å²) < 4.78 is 29.9. The lowest BCUT2D eigenvalue weighted by Gasteiger charge is -2.07. The number of amides is 1. The number of rotatable bonds is 8. The summed E-state index contributed by atoms with van der Waals surface area (Å²) in [7, 11) is -0.637. The Hall–Kier alpha value is -1.38. The second-order valence-electron chi connectivity index (χ2n) is 4.25. The lowest BCUT2D eigenvalue weighted by molar-refractivity contribution is -0.118. The van der Waals surface area contributed by atoms with Crippen molar-refractivity contribution in [3.63, 3.8) is 0 Å². The lowest BCUT2D eigenvalue weighted by atomic mass is 10.3. The molecule has 0 aliphatic heterocycles. The predicted molar refractivity (Wildman–Crippen MR) is 69.7 cm³/mol. The van der Waals surface area contributed by atoms with Crippen LogP contribution in [0.3, 0.4) is 0 Å². The van der Waals surface area contributed by atoms with Crippen molar-refractivity contribution in [2.24, 2.45) is 5.73 Å². The molecule has 108 valence electrons. The summed E-state index contributed by atoms with van der Waals surface area (Å²) >= 11 is 0. The molecule has 0 unspecified atom stereocenters. The normalized spacial score (nSPS) is 11.9. The highest BCUT2D eigenvalue weighted by Gasteiger charge is 2.21. The van der Waals surface area contributed by atoms with Crippen LogP contribution < -0.4 is 11.1 Å². The van der Waals surface area contributed by atoms with Crippen molar-refractivity contribution in [1.82, 2.24) is 9.62 Å². The van der Waals surface area contributed by atoms with E-state index in [-0.39, 0.29) is 11.0 Å². The fourth-order valence-corrected chi connectivity index (χ4v) is 2.18. The van der Waals surface area contributed by atoms with Crippen LogP contribution in [-0.4, -0.2) is 39.3 Å². The van der Waals surface area contributed by atoms with E-state index in [9.17, 15) is 13.2 Å². The predicted octanol–water partition coefficient (Wildman–Crippen LogP) is -0.115. The first kappa shape index (κ1) is 15.7. The molecule has 0 aliphatic carbocycles. The van der Waals surface area contributed by atoms with E-state index in [0.29, 0.717) is 31.7 Å². The van der Waals surface area contributed by atoms with Crippen LogP contribution in [0.25, 0.3) is 0 Å². The van der Waals surface area contributed by atoms with Crippen molar-refractivity contribution in [1.29, 1.82) is 0 Å². The molecule has 3 N–H and O–H groups in total. The molecule has 0 fully saturated rings. The molecule has 0 aromatic carbocycles. The fraction of sp³-hybridized carbons (Fsp3) is 0.545. The van der Waals surface area contributed by atoms with Gasteiger partial charge in [-0.05, 0) is 25.1 Å². The zero-order valence-electron chi connectivity index (χ0n) is 11.0. The number of nitrogens with zero attached hydrogens (tertiary/aromatic N) is 1. The van der Waals surface area contributed by atoms with Crippen LogP contribution in [0.15, 0.2) is 21.6 Å². The maximum atomic E-state index is 11.8. The molecule has 0 atom stereocenters. The molecule has 1 rings (SSSR count). The second kappa shape index (κ2) is 6.69. The summed E-state index contributed by atoms with van der Waals surface area (Å²) in [5, 5.41) is 2.96. The Morgan fingerprint density at radius 1 is 1.42 bits per heavy atom. The minimum atomic E-state index is -3.52. The molecule has 7 nitrogen and oxygen atoms in total. The van der Waals surface area contributed by atoms with E-state index < -0.39 is 10.0 Å². The van der Waals surface area contributed by atoms with E-state index in [2.05, 4.69) is 5.32 Å². The lowest BCUT2D eigenvalue weighted by Crippen LogP contribution is -2.21. The highest BCUT2D eigenvalue weighted by atomic mass is 32.2. The smallest absolute Gasteiger partial charge is 0.275 e. The standard InChI is InChI=1S/C11H19N3O4S/c1-14(2)19(16,17)11-6-5-9(18-11)8-13-7-3-4-10(12)15/h5-6,13H,3-4,7-8H2,1-2H3,(H2,12,15). The number of carbonyl (C=O) groups is 1. The number of sulfonamides is 1. The Balaban J connectivity index is 2.46. The van der Waals surface area contributed by atoms with Crippen LogP contribution in [0.1, 0.15) is 18.6 Å². The van der Waals surface area contributed by atoms with Crippen molar-refractivity contribution >= 4 is 15.9 Å². The van der Waals surface area contributed by atoms with Gasteiger partial charge >= 0.3 is 0 Å². The molecule has 0 spiro atoms. The van der Waals surface area contributed by atoms with E-state index in [4.69, 9.17) is 10.2 Å². The molecule has 1 aromatic heterocycles. The monoisotopic (exact) mass is 289 g/mol. The summed E-state index contributed by atoms with van der Waals surface area (Å²) in [4.78, 5) is 10.5. The summed E-state index contributed by atoms with van der Waals surface area (Å²) in [6.07, 6.45) is 0.963. The molecule has 0 aliphatic rings. The van der Waals surface area contributed by atoms with Gasteiger partial charge in [0.1, 0.15) is 5.76 Å². The maximum Gasteiger partial charge on any atom is 0.275 e. The van der Waals surface area contributed by atoms with E-state index in [0.717, 1.165) is 4.31 Å².